The predicted octanol–water partition coefficient (Wildman–Crippen LogP) is 4.69. The average molecular weight is 421 g/mol. The van der Waals surface area contributed by atoms with Gasteiger partial charge in [0.2, 0.25) is 0 Å². The lowest BCUT2D eigenvalue weighted by Gasteiger charge is -2.39. The van der Waals surface area contributed by atoms with Gasteiger partial charge in [0.25, 0.3) is 0 Å². The molecule has 4 rings (SSSR count). The predicted molar refractivity (Wildman–Crippen MR) is 118 cm³/mol. The molecule has 31 heavy (non-hydrogen) atoms. The molecule has 6 heteroatoms. The first-order valence-electron chi connectivity index (χ1n) is 10.3. The molecule has 0 saturated heterocycles. The first-order valence-corrected chi connectivity index (χ1v) is 10.3. The fourth-order valence-electron chi connectivity index (χ4n) is 4.62. The summed E-state index contributed by atoms with van der Waals surface area (Å²) >= 11 is 0. The van der Waals surface area contributed by atoms with Crippen molar-refractivity contribution in [3.8, 4) is 11.5 Å². The number of ether oxygens (including phenoxy) is 3. The molecule has 0 bridgehead atoms. The summed E-state index contributed by atoms with van der Waals surface area (Å²) in [7, 11) is 4.56. The van der Waals surface area contributed by atoms with E-state index in [0.717, 1.165) is 34.5 Å². The number of methoxy groups -OCH3 is 3. The van der Waals surface area contributed by atoms with Gasteiger partial charge in [-0.05, 0) is 41.2 Å². The summed E-state index contributed by atoms with van der Waals surface area (Å²) in [4.78, 5) is 25.2. The molecule has 1 atom stereocenters. The Balaban J connectivity index is 1.90. The third kappa shape index (κ3) is 3.67. The van der Waals surface area contributed by atoms with Crippen molar-refractivity contribution in [1.82, 2.24) is 0 Å². The molecule has 0 saturated carbocycles. The van der Waals surface area contributed by atoms with Crippen LogP contribution in [0.3, 0.4) is 0 Å². The van der Waals surface area contributed by atoms with E-state index in [9.17, 15) is 9.59 Å². The van der Waals surface area contributed by atoms with Gasteiger partial charge in [0, 0.05) is 35.4 Å². The van der Waals surface area contributed by atoms with Crippen molar-refractivity contribution in [2.45, 2.75) is 32.6 Å². The summed E-state index contributed by atoms with van der Waals surface area (Å²) in [6, 6.07) is 11.1. The van der Waals surface area contributed by atoms with E-state index in [0.29, 0.717) is 23.5 Å². The third-order valence-corrected chi connectivity index (χ3v) is 6.03. The standard InChI is InChI=1S/C25H27NO5/c1-25(2)12-18-23(19(27)13-25)22(14-6-8-15(9-7-14)24(28)31-5)16-10-20(29-3)21(30-4)11-17(16)26-18/h6-11,22,26H,12-13H2,1-5H3/t22-/m1/s1. The molecule has 1 aliphatic carbocycles. The van der Waals surface area contributed by atoms with Crippen LogP contribution in [0, 0.1) is 5.41 Å². The van der Waals surface area contributed by atoms with Gasteiger partial charge in [0.15, 0.2) is 17.3 Å². The first-order chi connectivity index (χ1) is 14.8. The molecule has 2 aromatic carbocycles. The number of carbonyl (C=O) groups excluding carboxylic acids is 2. The monoisotopic (exact) mass is 421 g/mol. The van der Waals surface area contributed by atoms with Gasteiger partial charge in [-0.1, -0.05) is 26.0 Å². The average Bonchev–Trinajstić information content (AvgIpc) is 2.75. The van der Waals surface area contributed by atoms with E-state index in [2.05, 4.69) is 19.2 Å². The van der Waals surface area contributed by atoms with Crippen LogP contribution in [-0.4, -0.2) is 33.1 Å². The van der Waals surface area contributed by atoms with E-state index in [4.69, 9.17) is 14.2 Å². The molecule has 162 valence electrons. The van der Waals surface area contributed by atoms with Crippen LogP contribution in [0.15, 0.2) is 47.7 Å². The van der Waals surface area contributed by atoms with Gasteiger partial charge in [-0.15, -0.1) is 0 Å². The Hall–Kier alpha value is -3.28. The fourth-order valence-corrected chi connectivity index (χ4v) is 4.62. The van der Waals surface area contributed by atoms with Gasteiger partial charge >= 0.3 is 5.97 Å². The molecular weight excluding hydrogens is 394 g/mol. The Morgan fingerprint density at radius 2 is 1.65 bits per heavy atom. The van der Waals surface area contributed by atoms with Gasteiger partial charge in [-0.2, -0.15) is 0 Å². The number of hydrogen-bond donors (Lipinski definition) is 1. The van der Waals surface area contributed by atoms with Crippen LogP contribution in [-0.2, 0) is 9.53 Å². The number of rotatable bonds is 4. The first kappa shape index (κ1) is 21.0. The zero-order chi connectivity index (χ0) is 22.3. The minimum atomic E-state index is -0.390. The number of ketones is 1. The van der Waals surface area contributed by atoms with E-state index >= 15 is 0 Å². The molecular formula is C25H27NO5. The molecule has 2 aliphatic rings. The zero-order valence-corrected chi connectivity index (χ0v) is 18.5. The van der Waals surface area contributed by atoms with E-state index in [1.807, 2.05) is 24.3 Å². The van der Waals surface area contributed by atoms with Crippen LogP contribution in [0.4, 0.5) is 5.69 Å². The minimum Gasteiger partial charge on any atom is -0.493 e. The molecule has 0 radical (unpaired) electrons. The number of carbonyl (C=O) groups is 2. The maximum absolute atomic E-state index is 13.3. The lowest BCUT2D eigenvalue weighted by molar-refractivity contribution is -0.118. The van der Waals surface area contributed by atoms with E-state index in [-0.39, 0.29) is 23.1 Å². The Kier molecular flexibility index (Phi) is 5.25. The second-order valence-electron chi connectivity index (χ2n) is 8.80. The molecule has 0 amide bonds. The third-order valence-electron chi connectivity index (χ3n) is 6.03. The lowest BCUT2D eigenvalue weighted by Crippen LogP contribution is -2.33. The number of anilines is 1. The summed E-state index contributed by atoms with van der Waals surface area (Å²) < 4.78 is 15.8. The second kappa shape index (κ2) is 7.76. The van der Waals surface area contributed by atoms with Crippen molar-refractivity contribution in [2.75, 3.05) is 26.6 Å². The molecule has 0 spiro atoms. The van der Waals surface area contributed by atoms with Gasteiger partial charge in [0.1, 0.15) is 0 Å². The SMILES string of the molecule is COC(=O)c1ccc([C@H]2C3=C(CC(C)(C)CC3=O)Nc3cc(OC)c(OC)cc32)cc1. The Labute approximate surface area is 182 Å². The van der Waals surface area contributed by atoms with Gasteiger partial charge < -0.3 is 19.5 Å². The number of esters is 1. The molecule has 2 aromatic rings. The van der Waals surface area contributed by atoms with Crippen LogP contribution in [0.2, 0.25) is 0 Å². The lowest BCUT2D eigenvalue weighted by atomic mass is 9.68. The quantitative estimate of drug-likeness (QED) is 0.722. The Morgan fingerprint density at radius 3 is 2.26 bits per heavy atom. The zero-order valence-electron chi connectivity index (χ0n) is 18.5. The molecule has 6 nitrogen and oxygen atoms in total. The van der Waals surface area contributed by atoms with Gasteiger partial charge in [0.05, 0.1) is 26.9 Å². The normalized spacial score (nSPS) is 19.1. The second-order valence-corrected chi connectivity index (χ2v) is 8.80. The van der Waals surface area contributed by atoms with E-state index < -0.39 is 0 Å². The van der Waals surface area contributed by atoms with E-state index in [1.165, 1.54) is 7.11 Å². The summed E-state index contributed by atoms with van der Waals surface area (Å²) in [5.74, 6) is 0.715. The number of benzene rings is 2. The minimum absolute atomic E-state index is 0.115. The van der Waals surface area contributed by atoms with Crippen LogP contribution in [0.1, 0.15) is 54.1 Å². The van der Waals surface area contributed by atoms with Gasteiger partial charge in [-0.3, -0.25) is 4.79 Å². The number of fused-ring (bicyclic) bond motifs is 1. The Bertz CT molecular complexity index is 1080. The fraction of sp³-hybridized carbons (Fsp3) is 0.360. The van der Waals surface area contributed by atoms with Crippen LogP contribution in [0.5, 0.6) is 11.5 Å². The van der Waals surface area contributed by atoms with Crippen molar-refractivity contribution in [3.05, 3.63) is 64.4 Å². The summed E-state index contributed by atoms with van der Waals surface area (Å²) in [6.07, 6.45) is 1.27. The number of allylic oxidation sites excluding steroid dienone is 2. The van der Waals surface area contributed by atoms with Crippen molar-refractivity contribution < 1.29 is 23.8 Å². The smallest absolute Gasteiger partial charge is 0.337 e. The van der Waals surface area contributed by atoms with E-state index in [1.54, 1.807) is 26.4 Å². The van der Waals surface area contributed by atoms with Crippen LogP contribution >= 0.6 is 0 Å². The highest BCUT2D eigenvalue weighted by Gasteiger charge is 2.41. The highest BCUT2D eigenvalue weighted by atomic mass is 16.5. The molecule has 1 heterocycles. The number of Topliss-reactive ketones (excluding diaryl/α,β-unsaturated/α-hetero) is 1. The van der Waals surface area contributed by atoms with Crippen molar-refractivity contribution >= 4 is 17.4 Å². The van der Waals surface area contributed by atoms with Crippen LogP contribution < -0.4 is 14.8 Å². The molecule has 0 aromatic heterocycles. The molecule has 1 aliphatic heterocycles. The van der Waals surface area contributed by atoms with Crippen LogP contribution in [0.25, 0.3) is 0 Å². The number of nitrogens with one attached hydrogen (secondary N) is 1. The summed E-state index contributed by atoms with van der Waals surface area (Å²) in [6.45, 7) is 4.22. The Morgan fingerprint density at radius 1 is 1.00 bits per heavy atom. The summed E-state index contributed by atoms with van der Waals surface area (Å²) in [5.41, 5.74) is 4.85. The molecule has 0 unspecified atom stereocenters. The topological polar surface area (TPSA) is 73.9 Å². The van der Waals surface area contributed by atoms with Crippen molar-refractivity contribution in [3.63, 3.8) is 0 Å². The maximum Gasteiger partial charge on any atom is 0.337 e. The number of hydrogen-bond acceptors (Lipinski definition) is 6. The molecule has 0 fully saturated rings. The highest BCUT2D eigenvalue weighted by Crippen LogP contribution is 2.51. The van der Waals surface area contributed by atoms with Crippen molar-refractivity contribution in [2.24, 2.45) is 5.41 Å². The largest absolute Gasteiger partial charge is 0.493 e. The van der Waals surface area contributed by atoms with Gasteiger partial charge in [-0.25, -0.2) is 4.79 Å². The highest BCUT2D eigenvalue weighted by molar-refractivity contribution is 6.02. The molecule has 1 N–H and O–H groups in total. The van der Waals surface area contributed by atoms with Crippen molar-refractivity contribution in [1.29, 1.82) is 0 Å². The maximum atomic E-state index is 13.3. The summed E-state index contributed by atoms with van der Waals surface area (Å²) in [5, 5.41) is 3.50.